The highest BCUT2D eigenvalue weighted by molar-refractivity contribution is 5.92. The van der Waals surface area contributed by atoms with Gasteiger partial charge >= 0.3 is 0 Å². The Balaban J connectivity index is 1.26. The van der Waals surface area contributed by atoms with Crippen LogP contribution in [0.15, 0.2) is 72.9 Å². The molecule has 0 radical (unpaired) electrons. The van der Waals surface area contributed by atoms with E-state index in [0.29, 0.717) is 11.6 Å². The molecular formula is C27H25N5O2. The number of nitrogens with one attached hydrogen (secondary N) is 2. The number of hydrogen-bond donors (Lipinski definition) is 3. The van der Waals surface area contributed by atoms with Gasteiger partial charge in [-0.25, -0.2) is 9.97 Å². The smallest absolute Gasteiger partial charge is 0.228 e. The summed E-state index contributed by atoms with van der Waals surface area (Å²) in [6.07, 6.45) is 4.03. The van der Waals surface area contributed by atoms with Gasteiger partial charge in [0.2, 0.25) is 11.9 Å². The number of rotatable bonds is 6. The molecule has 4 N–H and O–H groups in total. The molecule has 0 saturated carbocycles. The highest BCUT2D eigenvalue weighted by Crippen LogP contribution is 2.34. The van der Waals surface area contributed by atoms with Crippen molar-refractivity contribution < 1.29 is 9.53 Å². The molecule has 5 rings (SSSR count). The van der Waals surface area contributed by atoms with Crippen molar-refractivity contribution >= 4 is 28.9 Å². The van der Waals surface area contributed by atoms with E-state index in [9.17, 15) is 4.79 Å². The Labute approximate surface area is 198 Å². The van der Waals surface area contributed by atoms with Crippen LogP contribution in [0.1, 0.15) is 16.7 Å². The monoisotopic (exact) mass is 451 g/mol. The van der Waals surface area contributed by atoms with Crippen molar-refractivity contribution in [3.8, 4) is 17.0 Å². The van der Waals surface area contributed by atoms with Crippen LogP contribution in [0.5, 0.6) is 5.75 Å². The molecule has 1 aliphatic rings. The Hall–Kier alpha value is -4.39. The zero-order valence-corrected chi connectivity index (χ0v) is 18.8. The molecular weight excluding hydrogens is 426 g/mol. The third-order valence-electron chi connectivity index (χ3n) is 5.86. The lowest BCUT2D eigenvalue weighted by Crippen LogP contribution is -2.14. The first-order valence-electron chi connectivity index (χ1n) is 11.1. The van der Waals surface area contributed by atoms with Crippen molar-refractivity contribution in [2.75, 3.05) is 23.5 Å². The quantitative estimate of drug-likeness (QED) is 0.366. The zero-order valence-electron chi connectivity index (χ0n) is 18.8. The summed E-state index contributed by atoms with van der Waals surface area (Å²) in [5.74, 6) is 1.30. The Morgan fingerprint density at radius 2 is 1.71 bits per heavy atom. The summed E-state index contributed by atoms with van der Waals surface area (Å²) in [5.41, 5.74) is 13.3. The number of hydrogen-bond acceptors (Lipinski definition) is 6. The Kier molecular flexibility index (Phi) is 5.82. The summed E-state index contributed by atoms with van der Waals surface area (Å²) in [6, 6.07) is 20.9. The van der Waals surface area contributed by atoms with E-state index in [4.69, 9.17) is 15.5 Å². The van der Waals surface area contributed by atoms with Crippen LogP contribution in [0.2, 0.25) is 0 Å². The van der Waals surface area contributed by atoms with Crippen LogP contribution in [0.25, 0.3) is 11.3 Å². The van der Waals surface area contributed by atoms with Crippen molar-refractivity contribution in [2.24, 2.45) is 0 Å². The van der Waals surface area contributed by atoms with E-state index in [1.165, 1.54) is 5.56 Å². The largest absolute Gasteiger partial charge is 0.497 e. The minimum absolute atomic E-state index is 0.0844. The lowest BCUT2D eigenvalue weighted by molar-refractivity contribution is -0.115. The number of aromatic nitrogens is 2. The van der Waals surface area contributed by atoms with Gasteiger partial charge in [0.15, 0.2) is 0 Å². The molecule has 7 nitrogen and oxygen atoms in total. The molecule has 0 unspecified atom stereocenters. The second kappa shape index (κ2) is 9.23. The maximum absolute atomic E-state index is 12.3. The molecule has 34 heavy (non-hydrogen) atoms. The van der Waals surface area contributed by atoms with Gasteiger partial charge < -0.3 is 21.1 Å². The molecule has 0 aliphatic heterocycles. The summed E-state index contributed by atoms with van der Waals surface area (Å²) < 4.78 is 5.36. The van der Waals surface area contributed by atoms with Gasteiger partial charge in [-0.3, -0.25) is 4.79 Å². The summed E-state index contributed by atoms with van der Waals surface area (Å²) in [4.78, 5) is 21.6. The number of carbonyl (C=O) groups excluding carboxylic acids is 1. The van der Waals surface area contributed by atoms with Crippen LogP contribution >= 0.6 is 0 Å². The molecule has 0 bridgehead atoms. The second-order valence-electron chi connectivity index (χ2n) is 8.26. The first-order valence-corrected chi connectivity index (χ1v) is 11.1. The van der Waals surface area contributed by atoms with Crippen LogP contribution in [0.4, 0.5) is 23.0 Å². The van der Waals surface area contributed by atoms with E-state index in [1.807, 2.05) is 48.7 Å². The van der Waals surface area contributed by atoms with Gasteiger partial charge in [0, 0.05) is 28.8 Å². The van der Waals surface area contributed by atoms with Crippen LogP contribution in [-0.2, 0) is 24.1 Å². The van der Waals surface area contributed by atoms with E-state index >= 15 is 0 Å². The van der Waals surface area contributed by atoms with E-state index in [0.717, 1.165) is 52.4 Å². The number of fused-ring (bicyclic) bond motifs is 3. The Morgan fingerprint density at radius 3 is 2.47 bits per heavy atom. The molecule has 1 heterocycles. The number of carbonyl (C=O) groups is 1. The summed E-state index contributed by atoms with van der Waals surface area (Å²) in [7, 11) is 1.68. The fourth-order valence-corrected chi connectivity index (χ4v) is 4.08. The molecule has 170 valence electrons. The third-order valence-corrected chi connectivity index (χ3v) is 5.86. The van der Waals surface area contributed by atoms with Gasteiger partial charge in [0.1, 0.15) is 5.75 Å². The molecule has 0 atom stereocenters. The first-order chi connectivity index (χ1) is 16.6. The second-order valence-corrected chi connectivity index (χ2v) is 8.26. The molecule has 1 aromatic heterocycles. The predicted octanol–water partition coefficient (Wildman–Crippen LogP) is 4.76. The fourth-order valence-electron chi connectivity index (χ4n) is 4.08. The number of nitrogen functional groups attached to an aromatic ring is 1. The topological polar surface area (TPSA) is 102 Å². The number of ether oxygens (including phenoxy) is 1. The number of nitrogens with zero attached hydrogens (tertiary/aromatic N) is 2. The van der Waals surface area contributed by atoms with Crippen molar-refractivity contribution in [3.05, 3.63) is 89.6 Å². The number of methoxy groups -OCH3 is 1. The van der Waals surface area contributed by atoms with Crippen molar-refractivity contribution in [1.29, 1.82) is 0 Å². The van der Waals surface area contributed by atoms with Crippen molar-refractivity contribution in [3.63, 3.8) is 0 Å². The highest BCUT2D eigenvalue weighted by Gasteiger charge is 2.19. The molecule has 3 aromatic carbocycles. The Bertz CT molecular complexity index is 1330. The first kappa shape index (κ1) is 21.5. The van der Waals surface area contributed by atoms with Gasteiger partial charge in [-0.05, 0) is 84.1 Å². The SMILES string of the molecule is COc1ccc2c(c1)CCc1cnc(Nc3ccc(NC(=O)Cc4ccc(N)cc4)cc3)nc1-2. The lowest BCUT2D eigenvalue weighted by Gasteiger charge is -2.20. The fraction of sp³-hybridized carbons (Fsp3) is 0.148. The number of benzene rings is 3. The van der Waals surface area contributed by atoms with Gasteiger partial charge in [-0.2, -0.15) is 0 Å². The average Bonchev–Trinajstić information content (AvgIpc) is 2.86. The summed E-state index contributed by atoms with van der Waals surface area (Å²) >= 11 is 0. The standard InChI is InChI=1S/C27H25N5O2/c1-34-23-12-13-24-18(15-23)4-5-19-16-29-27(32-26(19)24)31-22-10-8-21(9-11-22)30-25(33)14-17-2-6-20(28)7-3-17/h2-3,6-13,15-16H,4-5,14,28H2,1H3,(H,30,33)(H,29,31,32). The van der Waals surface area contributed by atoms with Crippen LogP contribution in [-0.4, -0.2) is 23.0 Å². The Morgan fingerprint density at radius 1 is 0.971 bits per heavy atom. The number of amides is 1. The molecule has 0 saturated heterocycles. The van der Waals surface area contributed by atoms with Crippen LogP contribution in [0, 0.1) is 0 Å². The number of aryl methyl sites for hydroxylation is 2. The summed E-state index contributed by atoms with van der Waals surface area (Å²) in [5, 5.41) is 6.18. The maximum atomic E-state index is 12.3. The molecule has 7 heteroatoms. The predicted molar refractivity (Wildman–Crippen MR) is 134 cm³/mol. The summed E-state index contributed by atoms with van der Waals surface area (Å²) in [6.45, 7) is 0. The number of anilines is 4. The van der Waals surface area contributed by atoms with E-state index in [-0.39, 0.29) is 12.3 Å². The molecule has 1 amide bonds. The molecule has 4 aromatic rings. The van der Waals surface area contributed by atoms with Gasteiger partial charge in [-0.15, -0.1) is 0 Å². The maximum Gasteiger partial charge on any atom is 0.228 e. The number of nitrogens with two attached hydrogens (primary N) is 1. The van der Waals surface area contributed by atoms with Gasteiger partial charge in [0.25, 0.3) is 0 Å². The van der Waals surface area contributed by atoms with E-state index in [1.54, 1.807) is 19.2 Å². The van der Waals surface area contributed by atoms with Crippen molar-refractivity contribution in [2.45, 2.75) is 19.3 Å². The van der Waals surface area contributed by atoms with Crippen molar-refractivity contribution in [1.82, 2.24) is 9.97 Å². The van der Waals surface area contributed by atoms with Crippen LogP contribution in [0.3, 0.4) is 0 Å². The molecule has 1 aliphatic carbocycles. The zero-order chi connectivity index (χ0) is 23.5. The van der Waals surface area contributed by atoms with Gasteiger partial charge in [0.05, 0.1) is 19.2 Å². The van der Waals surface area contributed by atoms with Gasteiger partial charge in [-0.1, -0.05) is 12.1 Å². The third kappa shape index (κ3) is 4.68. The normalized spacial score (nSPS) is 11.8. The minimum Gasteiger partial charge on any atom is -0.497 e. The van der Waals surface area contributed by atoms with E-state index in [2.05, 4.69) is 27.8 Å². The molecule has 0 fully saturated rings. The molecule has 0 spiro atoms. The minimum atomic E-state index is -0.0844. The lowest BCUT2D eigenvalue weighted by atomic mass is 9.90. The van der Waals surface area contributed by atoms with E-state index < -0.39 is 0 Å². The average molecular weight is 452 g/mol. The van der Waals surface area contributed by atoms with Crippen LogP contribution < -0.4 is 21.1 Å². The highest BCUT2D eigenvalue weighted by atomic mass is 16.5.